The second-order valence-corrected chi connectivity index (χ2v) is 5.36. The van der Waals surface area contributed by atoms with Crippen LogP contribution in [-0.4, -0.2) is 10.1 Å². The summed E-state index contributed by atoms with van der Waals surface area (Å²) >= 11 is 3.53. The van der Waals surface area contributed by atoms with Crippen LogP contribution in [0.2, 0.25) is 0 Å². The molecule has 0 saturated carbocycles. The molecule has 0 aliphatic rings. The molecule has 0 amide bonds. The number of rotatable bonds is 3. The van der Waals surface area contributed by atoms with Gasteiger partial charge in [-0.15, -0.1) is 0 Å². The Morgan fingerprint density at radius 3 is 2.26 bits per heavy atom. The van der Waals surface area contributed by atoms with Gasteiger partial charge in [0, 0.05) is 4.47 Å². The highest BCUT2D eigenvalue weighted by Gasteiger charge is 2.06. The summed E-state index contributed by atoms with van der Waals surface area (Å²) in [6.07, 6.45) is 1.06. The number of halogens is 1. The van der Waals surface area contributed by atoms with E-state index in [1.165, 1.54) is 0 Å². The Morgan fingerprint density at radius 1 is 1.16 bits per heavy atom. The zero-order chi connectivity index (χ0) is 14.0. The Bertz CT molecular complexity index is 556. The van der Waals surface area contributed by atoms with E-state index in [2.05, 4.69) is 20.9 Å². The predicted molar refractivity (Wildman–Crippen MR) is 78.6 cm³/mol. The van der Waals surface area contributed by atoms with Crippen LogP contribution in [0.4, 0.5) is 0 Å². The number of hydrogen-bond donors (Lipinski definition) is 1. The molecule has 0 radical (unpaired) electrons. The van der Waals surface area contributed by atoms with E-state index in [-0.39, 0.29) is 0 Å². The van der Waals surface area contributed by atoms with Crippen molar-refractivity contribution in [2.75, 3.05) is 0 Å². The van der Waals surface area contributed by atoms with Crippen molar-refractivity contribution in [2.45, 2.75) is 26.9 Å². The monoisotopic (exact) mass is 321 g/mol. The molecule has 1 heterocycles. The quantitative estimate of drug-likeness (QED) is 0.916. The number of nitrogens with zero attached hydrogens (tertiary/aromatic N) is 1. The lowest BCUT2D eigenvalue weighted by atomic mass is 10.1. The Labute approximate surface area is 121 Å². The molecule has 4 heteroatoms. The fourth-order valence-electron chi connectivity index (χ4n) is 1.80. The highest BCUT2D eigenvalue weighted by molar-refractivity contribution is 9.10. The fraction of sp³-hybridized carbons (Fsp3) is 0.267. The molecule has 1 N–H and O–H groups in total. The largest absolute Gasteiger partial charge is 0.456 e. The van der Waals surface area contributed by atoms with E-state index < -0.39 is 6.10 Å². The lowest BCUT2D eigenvalue weighted by Gasteiger charge is -2.10. The molecule has 0 saturated heterocycles. The van der Waals surface area contributed by atoms with Gasteiger partial charge in [0.25, 0.3) is 0 Å². The van der Waals surface area contributed by atoms with Gasteiger partial charge in [-0.3, -0.25) is 4.98 Å². The van der Waals surface area contributed by atoms with Crippen LogP contribution < -0.4 is 4.74 Å². The molecule has 0 unspecified atom stereocenters. The third kappa shape index (κ3) is 3.33. The van der Waals surface area contributed by atoms with Crippen LogP contribution in [0.3, 0.4) is 0 Å². The Balaban J connectivity index is 2.21. The molecule has 0 aliphatic carbocycles. The molecule has 100 valence electrons. The van der Waals surface area contributed by atoms with Gasteiger partial charge < -0.3 is 9.84 Å². The van der Waals surface area contributed by atoms with Gasteiger partial charge >= 0.3 is 0 Å². The molecule has 0 aliphatic heterocycles. The molecule has 2 rings (SSSR count). The summed E-state index contributed by atoms with van der Waals surface area (Å²) in [4.78, 5) is 4.15. The lowest BCUT2D eigenvalue weighted by molar-refractivity contribution is 0.194. The van der Waals surface area contributed by atoms with Gasteiger partial charge in [0.15, 0.2) is 0 Å². The minimum Gasteiger partial charge on any atom is -0.456 e. The number of aryl methyl sites for hydroxylation is 2. The second kappa shape index (κ2) is 5.72. The summed E-state index contributed by atoms with van der Waals surface area (Å²) < 4.78 is 6.86. The van der Waals surface area contributed by atoms with Crippen molar-refractivity contribution in [1.29, 1.82) is 0 Å². The molecule has 0 fully saturated rings. The lowest BCUT2D eigenvalue weighted by Crippen LogP contribution is -1.95. The van der Waals surface area contributed by atoms with Crippen molar-refractivity contribution >= 4 is 15.9 Å². The zero-order valence-corrected chi connectivity index (χ0v) is 12.7. The fourth-order valence-corrected chi connectivity index (χ4v) is 2.03. The number of aliphatic hydroxyl groups is 1. The molecular weight excluding hydrogens is 306 g/mol. The first-order valence-electron chi connectivity index (χ1n) is 6.06. The molecule has 1 aromatic heterocycles. The number of ether oxygens (including phenoxy) is 1. The van der Waals surface area contributed by atoms with Gasteiger partial charge in [-0.2, -0.15) is 0 Å². The first-order chi connectivity index (χ1) is 8.97. The summed E-state index contributed by atoms with van der Waals surface area (Å²) in [5, 5.41) is 9.40. The first-order valence-corrected chi connectivity index (χ1v) is 6.85. The molecule has 0 bridgehead atoms. The maximum atomic E-state index is 9.40. The maximum Gasteiger partial charge on any atom is 0.145 e. The van der Waals surface area contributed by atoms with E-state index in [4.69, 9.17) is 4.74 Å². The maximum absolute atomic E-state index is 9.40. The molecule has 1 aromatic carbocycles. The van der Waals surface area contributed by atoms with Crippen LogP contribution in [0.25, 0.3) is 0 Å². The van der Waals surface area contributed by atoms with E-state index in [0.717, 1.165) is 21.3 Å². The van der Waals surface area contributed by atoms with Crippen molar-refractivity contribution in [3.8, 4) is 11.5 Å². The van der Waals surface area contributed by atoms with E-state index in [1.807, 2.05) is 32.0 Å². The minimum atomic E-state index is -0.564. The Kier molecular flexibility index (Phi) is 4.22. The van der Waals surface area contributed by atoms with Crippen LogP contribution >= 0.6 is 15.9 Å². The summed E-state index contributed by atoms with van der Waals surface area (Å²) in [6, 6.07) is 7.51. The van der Waals surface area contributed by atoms with Crippen molar-refractivity contribution in [3.05, 3.63) is 51.8 Å². The summed E-state index contributed by atoms with van der Waals surface area (Å²) in [5.74, 6) is 1.44. The third-order valence-electron chi connectivity index (χ3n) is 2.83. The summed E-state index contributed by atoms with van der Waals surface area (Å²) in [7, 11) is 0. The standard InChI is InChI=1S/C15H16BrNO2/c1-9-6-13(7-10(2)15(9)16)19-12-4-5-14(11(3)18)17-8-12/h4-8,11,18H,1-3H3/t11-/m0/s1. The van der Waals surface area contributed by atoms with Gasteiger partial charge in [0.05, 0.1) is 18.0 Å². The number of aliphatic hydroxyl groups excluding tert-OH is 1. The molecule has 0 spiro atoms. The second-order valence-electron chi connectivity index (χ2n) is 4.57. The van der Waals surface area contributed by atoms with Crippen LogP contribution in [0.5, 0.6) is 11.5 Å². The minimum absolute atomic E-state index is 0.564. The van der Waals surface area contributed by atoms with E-state index in [0.29, 0.717) is 11.4 Å². The average molecular weight is 322 g/mol. The van der Waals surface area contributed by atoms with Crippen molar-refractivity contribution < 1.29 is 9.84 Å². The SMILES string of the molecule is Cc1cc(Oc2ccc([C@H](C)O)nc2)cc(C)c1Br. The third-order valence-corrected chi connectivity index (χ3v) is 4.08. The normalized spacial score (nSPS) is 12.3. The molecule has 2 aromatic rings. The topological polar surface area (TPSA) is 42.4 Å². The van der Waals surface area contributed by atoms with Crippen molar-refractivity contribution in [1.82, 2.24) is 4.98 Å². The smallest absolute Gasteiger partial charge is 0.145 e. The van der Waals surface area contributed by atoms with E-state index >= 15 is 0 Å². The van der Waals surface area contributed by atoms with Gasteiger partial charge in [-0.05, 0) is 56.2 Å². The van der Waals surface area contributed by atoms with Gasteiger partial charge in [-0.1, -0.05) is 15.9 Å². The molecule has 1 atom stereocenters. The van der Waals surface area contributed by atoms with Crippen LogP contribution in [-0.2, 0) is 0 Å². The van der Waals surface area contributed by atoms with E-state index in [9.17, 15) is 5.11 Å². The Morgan fingerprint density at radius 2 is 1.79 bits per heavy atom. The first kappa shape index (κ1) is 14.0. The highest BCUT2D eigenvalue weighted by Crippen LogP contribution is 2.29. The molecule has 19 heavy (non-hydrogen) atoms. The van der Waals surface area contributed by atoms with Gasteiger partial charge in [0.2, 0.25) is 0 Å². The summed E-state index contributed by atoms with van der Waals surface area (Å²) in [6.45, 7) is 5.74. The average Bonchev–Trinajstić information content (AvgIpc) is 2.36. The Hall–Kier alpha value is -1.39. The number of hydrogen-bond acceptors (Lipinski definition) is 3. The van der Waals surface area contributed by atoms with Gasteiger partial charge in [-0.25, -0.2) is 0 Å². The zero-order valence-electron chi connectivity index (χ0n) is 11.1. The highest BCUT2D eigenvalue weighted by atomic mass is 79.9. The van der Waals surface area contributed by atoms with Crippen LogP contribution in [0.1, 0.15) is 29.8 Å². The van der Waals surface area contributed by atoms with Gasteiger partial charge in [0.1, 0.15) is 11.5 Å². The predicted octanol–water partition coefficient (Wildman–Crippen LogP) is 4.31. The van der Waals surface area contributed by atoms with Crippen LogP contribution in [0, 0.1) is 13.8 Å². The number of aromatic nitrogens is 1. The summed E-state index contributed by atoms with van der Waals surface area (Å²) in [5.41, 5.74) is 2.89. The number of pyridine rings is 1. The van der Waals surface area contributed by atoms with Crippen molar-refractivity contribution in [2.24, 2.45) is 0 Å². The van der Waals surface area contributed by atoms with E-state index in [1.54, 1.807) is 19.2 Å². The van der Waals surface area contributed by atoms with Crippen molar-refractivity contribution in [3.63, 3.8) is 0 Å². The molecular formula is C15H16BrNO2. The molecule has 3 nitrogen and oxygen atoms in total. The van der Waals surface area contributed by atoms with Crippen LogP contribution in [0.15, 0.2) is 34.9 Å². The number of benzene rings is 1.